The van der Waals surface area contributed by atoms with Crippen molar-refractivity contribution in [2.75, 3.05) is 0 Å². The summed E-state index contributed by atoms with van der Waals surface area (Å²) >= 11 is 1.84. The second-order valence-electron chi connectivity index (χ2n) is 3.92. The van der Waals surface area contributed by atoms with Crippen molar-refractivity contribution >= 4 is 11.8 Å². The van der Waals surface area contributed by atoms with Crippen molar-refractivity contribution in [2.24, 2.45) is 0 Å². The summed E-state index contributed by atoms with van der Waals surface area (Å²) in [4.78, 5) is 1.19. The molecule has 0 spiro atoms. The fourth-order valence-electron chi connectivity index (χ4n) is 1.74. The topological polar surface area (TPSA) is 20.2 Å². The fraction of sp³-hybridized carbons (Fsp3) is 0.200. The molecule has 0 aliphatic rings. The van der Waals surface area contributed by atoms with E-state index in [0.29, 0.717) is 11.0 Å². The minimum absolute atomic E-state index is 0.321. The number of hydrogen-bond donors (Lipinski definition) is 1. The molecule has 0 aliphatic carbocycles. The smallest absolute Gasteiger partial charge is 0.115 e. The third kappa shape index (κ3) is 3.27. The summed E-state index contributed by atoms with van der Waals surface area (Å²) in [6.45, 7) is 2.20. The van der Waals surface area contributed by atoms with Gasteiger partial charge in [-0.15, -0.1) is 11.8 Å². The largest absolute Gasteiger partial charge is 0.508 e. The Morgan fingerprint density at radius 3 is 2.24 bits per heavy atom. The van der Waals surface area contributed by atoms with Crippen molar-refractivity contribution in [1.82, 2.24) is 0 Å². The van der Waals surface area contributed by atoms with Gasteiger partial charge in [-0.1, -0.05) is 37.3 Å². The molecule has 0 heterocycles. The maximum Gasteiger partial charge on any atom is 0.115 e. The van der Waals surface area contributed by atoms with Gasteiger partial charge in [-0.25, -0.2) is 0 Å². The van der Waals surface area contributed by atoms with Gasteiger partial charge in [0.25, 0.3) is 0 Å². The van der Waals surface area contributed by atoms with E-state index in [2.05, 4.69) is 31.2 Å². The standard InChI is InChI=1S/C15H16OS/c1-2-15(12-6-4-3-5-7-12)17-14-10-8-13(16)9-11-14/h3-11,15-16H,2H2,1H3. The van der Waals surface area contributed by atoms with Crippen molar-refractivity contribution in [2.45, 2.75) is 23.5 Å². The van der Waals surface area contributed by atoms with E-state index in [1.165, 1.54) is 10.5 Å². The number of benzene rings is 2. The Balaban J connectivity index is 2.13. The molecule has 0 bridgehead atoms. The van der Waals surface area contributed by atoms with E-state index in [1.807, 2.05) is 30.0 Å². The van der Waals surface area contributed by atoms with Crippen molar-refractivity contribution in [1.29, 1.82) is 0 Å². The highest BCUT2D eigenvalue weighted by atomic mass is 32.2. The average Bonchev–Trinajstić information content (AvgIpc) is 2.39. The van der Waals surface area contributed by atoms with E-state index in [4.69, 9.17) is 0 Å². The predicted octanol–water partition coefficient (Wildman–Crippen LogP) is 4.64. The van der Waals surface area contributed by atoms with Gasteiger partial charge in [0.1, 0.15) is 5.75 Å². The summed E-state index contributed by atoms with van der Waals surface area (Å²) in [6.07, 6.45) is 1.09. The van der Waals surface area contributed by atoms with E-state index in [9.17, 15) is 5.11 Å². The van der Waals surface area contributed by atoms with Gasteiger partial charge in [0.05, 0.1) is 0 Å². The van der Waals surface area contributed by atoms with Gasteiger partial charge in [-0.2, -0.15) is 0 Å². The highest BCUT2D eigenvalue weighted by Gasteiger charge is 2.10. The van der Waals surface area contributed by atoms with Gasteiger partial charge in [0.15, 0.2) is 0 Å². The Hall–Kier alpha value is -1.41. The number of phenols is 1. The summed E-state index contributed by atoms with van der Waals surface area (Å²) in [7, 11) is 0. The molecule has 88 valence electrons. The molecule has 2 aromatic carbocycles. The molecule has 0 amide bonds. The SMILES string of the molecule is CCC(Sc1ccc(O)cc1)c1ccccc1. The molecule has 2 aromatic rings. The van der Waals surface area contributed by atoms with Gasteiger partial charge in [-0.05, 0) is 36.2 Å². The number of hydrogen-bond acceptors (Lipinski definition) is 2. The normalized spacial score (nSPS) is 12.3. The van der Waals surface area contributed by atoms with Crippen LogP contribution in [0.1, 0.15) is 24.2 Å². The zero-order valence-corrected chi connectivity index (χ0v) is 10.7. The van der Waals surface area contributed by atoms with Crippen LogP contribution in [-0.4, -0.2) is 5.11 Å². The van der Waals surface area contributed by atoms with E-state index >= 15 is 0 Å². The summed E-state index contributed by atoms with van der Waals surface area (Å²) in [5.74, 6) is 0.321. The van der Waals surface area contributed by atoms with Crippen LogP contribution in [-0.2, 0) is 0 Å². The van der Waals surface area contributed by atoms with Gasteiger partial charge >= 0.3 is 0 Å². The molecule has 1 unspecified atom stereocenters. The quantitative estimate of drug-likeness (QED) is 0.791. The number of aromatic hydroxyl groups is 1. The summed E-state index contributed by atoms with van der Waals surface area (Å²) < 4.78 is 0. The molecule has 0 aromatic heterocycles. The van der Waals surface area contributed by atoms with Gasteiger partial charge in [-0.3, -0.25) is 0 Å². The molecule has 2 heteroatoms. The molecule has 0 saturated carbocycles. The van der Waals surface area contributed by atoms with Crippen LogP contribution in [0.2, 0.25) is 0 Å². The number of rotatable bonds is 4. The lowest BCUT2D eigenvalue weighted by atomic mass is 10.1. The lowest BCUT2D eigenvalue weighted by Crippen LogP contribution is -1.91. The first kappa shape index (κ1) is 12.1. The van der Waals surface area contributed by atoms with Crippen LogP contribution >= 0.6 is 11.8 Å². The zero-order chi connectivity index (χ0) is 12.1. The molecular weight excluding hydrogens is 228 g/mol. The van der Waals surface area contributed by atoms with E-state index < -0.39 is 0 Å². The molecule has 1 N–H and O–H groups in total. The van der Waals surface area contributed by atoms with Crippen LogP contribution < -0.4 is 0 Å². The van der Waals surface area contributed by atoms with Gasteiger partial charge in [0, 0.05) is 10.1 Å². The first-order chi connectivity index (χ1) is 8.29. The van der Waals surface area contributed by atoms with E-state index in [-0.39, 0.29) is 0 Å². The molecular formula is C15H16OS. The van der Waals surface area contributed by atoms with Crippen LogP contribution in [0.15, 0.2) is 59.5 Å². The van der Waals surface area contributed by atoms with Crippen LogP contribution in [0.3, 0.4) is 0 Å². The highest BCUT2D eigenvalue weighted by molar-refractivity contribution is 7.99. The minimum Gasteiger partial charge on any atom is -0.508 e. The second kappa shape index (κ2) is 5.78. The number of phenolic OH excluding ortho intramolecular Hbond substituents is 1. The molecule has 0 fully saturated rings. The maximum atomic E-state index is 9.26. The first-order valence-corrected chi connectivity index (χ1v) is 6.68. The maximum absolute atomic E-state index is 9.26. The lowest BCUT2D eigenvalue weighted by molar-refractivity contribution is 0.475. The van der Waals surface area contributed by atoms with Crippen molar-refractivity contribution in [3.63, 3.8) is 0 Å². The molecule has 1 nitrogen and oxygen atoms in total. The van der Waals surface area contributed by atoms with Crippen LogP contribution in [0.25, 0.3) is 0 Å². The first-order valence-electron chi connectivity index (χ1n) is 5.80. The molecule has 17 heavy (non-hydrogen) atoms. The molecule has 0 radical (unpaired) electrons. The third-order valence-corrected chi connectivity index (χ3v) is 4.09. The summed E-state index contributed by atoms with van der Waals surface area (Å²) in [6, 6.07) is 17.9. The van der Waals surface area contributed by atoms with Crippen LogP contribution in [0.4, 0.5) is 0 Å². The summed E-state index contributed by atoms with van der Waals surface area (Å²) in [5.41, 5.74) is 1.35. The van der Waals surface area contributed by atoms with Crippen molar-refractivity contribution < 1.29 is 5.11 Å². The molecule has 1 atom stereocenters. The average molecular weight is 244 g/mol. The van der Waals surface area contributed by atoms with Crippen LogP contribution in [0.5, 0.6) is 5.75 Å². The van der Waals surface area contributed by atoms with Crippen molar-refractivity contribution in [3.05, 3.63) is 60.2 Å². The molecule has 0 saturated heterocycles. The number of thioether (sulfide) groups is 1. The second-order valence-corrected chi connectivity index (χ2v) is 5.20. The van der Waals surface area contributed by atoms with Gasteiger partial charge in [0.2, 0.25) is 0 Å². The zero-order valence-electron chi connectivity index (χ0n) is 9.84. The van der Waals surface area contributed by atoms with Crippen molar-refractivity contribution in [3.8, 4) is 5.75 Å². The minimum atomic E-state index is 0.321. The van der Waals surface area contributed by atoms with Crippen LogP contribution in [0, 0.1) is 0 Å². The Morgan fingerprint density at radius 2 is 1.65 bits per heavy atom. The van der Waals surface area contributed by atoms with Gasteiger partial charge < -0.3 is 5.11 Å². The Kier molecular flexibility index (Phi) is 4.10. The highest BCUT2D eigenvalue weighted by Crippen LogP contribution is 2.37. The lowest BCUT2D eigenvalue weighted by Gasteiger charge is -2.14. The third-order valence-electron chi connectivity index (χ3n) is 2.66. The predicted molar refractivity (Wildman–Crippen MR) is 73.4 cm³/mol. The monoisotopic (exact) mass is 244 g/mol. The summed E-state index contributed by atoms with van der Waals surface area (Å²) in [5, 5.41) is 9.73. The Morgan fingerprint density at radius 1 is 1.00 bits per heavy atom. The molecule has 2 rings (SSSR count). The van der Waals surface area contributed by atoms with E-state index in [0.717, 1.165) is 6.42 Å². The van der Waals surface area contributed by atoms with E-state index in [1.54, 1.807) is 12.1 Å². The Labute approximate surface area is 107 Å². The molecule has 0 aliphatic heterocycles. The fourth-order valence-corrected chi connectivity index (χ4v) is 2.83. The Bertz CT molecular complexity index is 450.